The van der Waals surface area contributed by atoms with Crippen molar-refractivity contribution in [3.63, 3.8) is 0 Å². The SMILES string of the molecule is CCCCCCOc1ccc(-c2cc(-c3ccccc3Cl)nc(N)c2C#N)cc1. The number of hydrogen-bond donors (Lipinski definition) is 1. The number of halogens is 1. The Bertz CT molecular complexity index is 1010. The highest BCUT2D eigenvalue weighted by Gasteiger charge is 2.15. The molecular formula is C24H24ClN3O. The molecule has 148 valence electrons. The van der Waals surface area contributed by atoms with Crippen molar-refractivity contribution in [2.75, 3.05) is 12.3 Å². The summed E-state index contributed by atoms with van der Waals surface area (Å²) in [6.07, 6.45) is 4.68. The highest BCUT2D eigenvalue weighted by molar-refractivity contribution is 6.33. The zero-order valence-corrected chi connectivity index (χ0v) is 17.2. The second-order valence-electron chi connectivity index (χ2n) is 6.84. The summed E-state index contributed by atoms with van der Waals surface area (Å²) in [6.45, 7) is 2.90. The van der Waals surface area contributed by atoms with Gasteiger partial charge in [-0.15, -0.1) is 0 Å². The summed E-state index contributed by atoms with van der Waals surface area (Å²) < 4.78 is 5.81. The maximum absolute atomic E-state index is 9.60. The second-order valence-corrected chi connectivity index (χ2v) is 7.25. The van der Waals surface area contributed by atoms with Crippen molar-refractivity contribution in [3.8, 4) is 34.2 Å². The molecular weight excluding hydrogens is 382 g/mol. The molecule has 0 saturated carbocycles. The number of anilines is 1. The van der Waals surface area contributed by atoms with Crippen LogP contribution >= 0.6 is 11.6 Å². The first kappa shape index (κ1) is 20.7. The standard InChI is InChI=1S/C24H24ClN3O/c1-2-3-4-7-14-29-18-12-10-17(11-13-18)20-15-23(28-24(27)21(20)16-26)19-8-5-6-9-22(19)25/h5-6,8-13,15H,2-4,7,14H2,1H3,(H2,27,28). The van der Waals surface area contributed by atoms with Crippen LogP contribution in [0.25, 0.3) is 22.4 Å². The monoisotopic (exact) mass is 405 g/mol. The van der Waals surface area contributed by atoms with E-state index < -0.39 is 0 Å². The Labute approximate surface area is 176 Å². The van der Waals surface area contributed by atoms with Gasteiger partial charge in [0.25, 0.3) is 0 Å². The highest BCUT2D eigenvalue weighted by Crippen LogP contribution is 2.34. The number of nitrogens with zero attached hydrogens (tertiary/aromatic N) is 2. The lowest BCUT2D eigenvalue weighted by Crippen LogP contribution is -2.00. The fourth-order valence-electron chi connectivity index (χ4n) is 3.17. The molecule has 0 aliphatic rings. The Morgan fingerprint density at radius 1 is 1.03 bits per heavy atom. The first-order chi connectivity index (χ1) is 14.1. The lowest BCUT2D eigenvalue weighted by molar-refractivity contribution is 0.305. The molecule has 5 heteroatoms. The molecule has 0 saturated heterocycles. The van der Waals surface area contributed by atoms with Gasteiger partial charge in [-0.25, -0.2) is 4.98 Å². The van der Waals surface area contributed by atoms with Crippen molar-refractivity contribution < 1.29 is 4.74 Å². The van der Waals surface area contributed by atoms with Crippen LogP contribution in [0.1, 0.15) is 38.2 Å². The van der Waals surface area contributed by atoms with Crippen LogP contribution in [0.4, 0.5) is 5.82 Å². The molecule has 0 bridgehead atoms. The zero-order valence-electron chi connectivity index (χ0n) is 16.5. The molecule has 29 heavy (non-hydrogen) atoms. The Hall–Kier alpha value is -3.03. The number of nitrogens with two attached hydrogens (primary N) is 1. The van der Waals surface area contributed by atoms with E-state index in [1.807, 2.05) is 48.5 Å². The van der Waals surface area contributed by atoms with Gasteiger partial charge in [0.15, 0.2) is 0 Å². The summed E-state index contributed by atoms with van der Waals surface area (Å²) in [6, 6.07) is 19.2. The summed E-state index contributed by atoms with van der Waals surface area (Å²) in [4.78, 5) is 4.39. The van der Waals surface area contributed by atoms with Crippen molar-refractivity contribution in [2.45, 2.75) is 32.6 Å². The summed E-state index contributed by atoms with van der Waals surface area (Å²) in [5.74, 6) is 1.01. The molecule has 0 aliphatic carbocycles. The largest absolute Gasteiger partial charge is 0.494 e. The van der Waals surface area contributed by atoms with E-state index in [0.29, 0.717) is 22.9 Å². The number of nitrogen functional groups attached to an aromatic ring is 1. The summed E-state index contributed by atoms with van der Waals surface area (Å²) in [7, 11) is 0. The van der Waals surface area contributed by atoms with Crippen LogP contribution in [0.15, 0.2) is 54.6 Å². The Kier molecular flexibility index (Phi) is 7.10. The van der Waals surface area contributed by atoms with E-state index in [1.165, 1.54) is 19.3 Å². The topological polar surface area (TPSA) is 71.9 Å². The van der Waals surface area contributed by atoms with Crippen molar-refractivity contribution in [3.05, 3.63) is 65.2 Å². The van der Waals surface area contributed by atoms with Gasteiger partial charge in [-0.1, -0.05) is 68.1 Å². The van der Waals surface area contributed by atoms with Crippen LogP contribution in [-0.4, -0.2) is 11.6 Å². The highest BCUT2D eigenvalue weighted by atomic mass is 35.5. The van der Waals surface area contributed by atoms with Gasteiger partial charge in [0, 0.05) is 16.1 Å². The smallest absolute Gasteiger partial charge is 0.142 e. The molecule has 0 aliphatic heterocycles. The molecule has 2 N–H and O–H groups in total. The first-order valence-electron chi connectivity index (χ1n) is 9.82. The number of pyridine rings is 1. The van der Waals surface area contributed by atoms with Gasteiger partial charge >= 0.3 is 0 Å². The average Bonchev–Trinajstić information content (AvgIpc) is 2.74. The van der Waals surface area contributed by atoms with E-state index in [1.54, 1.807) is 6.07 Å². The van der Waals surface area contributed by atoms with E-state index >= 15 is 0 Å². The predicted octanol–water partition coefficient (Wildman–Crippen LogP) is 6.48. The summed E-state index contributed by atoms with van der Waals surface area (Å²) in [5, 5.41) is 10.2. The molecule has 0 unspecified atom stereocenters. The second kappa shape index (κ2) is 9.95. The molecule has 0 radical (unpaired) electrons. The lowest BCUT2D eigenvalue weighted by atomic mass is 9.98. The summed E-state index contributed by atoms with van der Waals surface area (Å²) in [5.41, 5.74) is 9.46. The number of rotatable bonds is 8. The molecule has 1 aromatic heterocycles. The minimum absolute atomic E-state index is 0.191. The van der Waals surface area contributed by atoms with Crippen LogP contribution in [0.5, 0.6) is 5.75 Å². The normalized spacial score (nSPS) is 10.5. The number of benzene rings is 2. The molecule has 0 amide bonds. The molecule has 4 nitrogen and oxygen atoms in total. The Morgan fingerprint density at radius 3 is 2.48 bits per heavy atom. The van der Waals surface area contributed by atoms with Gasteiger partial charge in [0.1, 0.15) is 23.2 Å². The van der Waals surface area contributed by atoms with E-state index in [0.717, 1.165) is 28.9 Å². The number of hydrogen-bond acceptors (Lipinski definition) is 4. The van der Waals surface area contributed by atoms with Gasteiger partial charge in [0.2, 0.25) is 0 Å². The lowest BCUT2D eigenvalue weighted by Gasteiger charge is -2.12. The fraction of sp³-hybridized carbons (Fsp3) is 0.250. The quantitative estimate of drug-likeness (QED) is 0.435. The molecule has 0 fully saturated rings. The van der Waals surface area contributed by atoms with Gasteiger partial charge in [-0.2, -0.15) is 5.26 Å². The summed E-state index contributed by atoms with van der Waals surface area (Å²) >= 11 is 6.32. The van der Waals surface area contributed by atoms with Crippen LogP contribution in [0.2, 0.25) is 5.02 Å². The maximum atomic E-state index is 9.60. The van der Waals surface area contributed by atoms with Gasteiger partial charge in [-0.3, -0.25) is 0 Å². The van der Waals surface area contributed by atoms with Crippen LogP contribution < -0.4 is 10.5 Å². The number of ether oxygens (including phenoxy) is 1. The third-order valence-electron chi connectivity index (χ3n) is 4.74. The maximum Gasteiger partial charge on any atom is 0.142 e. The van der Waals surface area contributed by atoms with Crippen LogP contribution in [0.3, 0.4) is 0 Å². The van der Waals surface area contributed by atoms with Crippen molar-refractivity contribution in [1.82, 2.24) is 4.98 Å². The van der Waals surface area contributed by atoms with E-state index in [-0.39, 0.29) is 5.82 Å². The van der Waals surface area contributed by atoms with Crippen molar-refractivity contribution in [2.24, 2.45) is 0 Å². The van der Waals surface area contributed by atoms with Gasteiger partial charge in [-0.05, 0) is 36.2 Å². The molecule has 0 atom stereocenters. The van der Waals surface area contributed by atoms with E-state index in [4.69, 9.17) is 22.1 Å². The Balaban J connectivity index is 1.88. The number of nitriles is 1. The minimum atomic E-state index is 0.191. The molecule has 3 rings (SSSR count). The number of unbranched alkanes of at least 4 members (excludes halogenated alkanes) is 3. The predicted molar refractivity (Wildman–Crippen MR) is 119 cm³/mol. The first-order valence-corrected chi connectivity index (χ1v) is 10.2. The third kappa shape index (κ3) is 5.07. The van der Waals surface area contributed by atoms with Gasteiger partial charge in [0.05, 0.1) is 12.3 Å². The number of aromatic nitrogens is 1. The van der Waals surface area contributed by atoms with Crippen LogP contribution in [-0.2, 0) is 0 Å². The van der Waals surface area contributed by atoms with E-state index in [9.17, 15) is 5.26 Å². The fourth-order valence-corrected chi connectivity index (χ4v) is 3.40. The Morgan fingerprint density at radius 2 is 1.79 bits per heavy atom. The average molecular weight is 406 g/mol. The minimum Gasteiger partial charge on any atom is -0.494 e. The van der Waals surface area contributed by atoms with Crippen LogP contribution in [0, 0.1) is 11.3 Å². The van der Waals surface area contributed by atoms with E-state index in [2.05, 4.69) is 18.0 Å². The zero-order chi connectivity index (χ0) is 20.6. The molecule has 3 aromatic rings. The van der Waals surface area contributed by atoms with Gasteiger partial charge < -0.3 is 10.5 Å². The third-order valence-corrected chi connectivity index (χ3v) is 5.07. The van der Waals surface area contributed by atoms with Crippen molar-refractivity contribution in [1.29, 1.82) is 5.26 Å². The molecule has 1 heterocycles. The van der Waals surface area contributed by atoms with Crippen molar-refractivity contribution >= 4 is 17.4 Å². The molecule has 2 aromatic carbocycles. The molecule has 0 spiro atoms.